The van der Waals surface area contributed by atoms with Crippen LogP contribution in [0.4, 0.5) is 8.78 Å². The number of nitrogens with one attached hydrogen (secondary N) is 1. The van der Waals surface area contributed by atoms with Crippen molar-refractivity contribution in [1.82, 2.24) is 9.97 Å². The van der Waals surface area contributed by atoms with Crippen molar-refractivity contribution in [3.63, 3.8) is 0 Å². The maximum absolute atomic E-state index is 12.8. The molecular formula is C12H14F2N2O2. The van der Waals surface area contributed by atoms with Crippen LogP contribution >= 0.6 is 0 Å². The molecule has 0 aromatic carbocycles. The first kappa shape index (κ1) is 11.8. The summed E-state index contributed by atoms with van der Waals surface area (Å²) in [6.45, 7) is 1.19. The van der Waals surface area contributed by atoms with Crippen molar-refractivity contribution in [2.75, 3.05) is 13.2 Å². The molecule has 1 saturated heterocycles. The van der Waals surface area contributed by atoms with Gasteiger partial charge in [0.1, 0.15) is 5.82 Å². The maximum Gasteiger partial charge on any atom is 0.251 e. The summed E-state index contributed by atoms with van der Waals surface area (Å²) < 4.78 is 30.9. The van der Waals surface area contributed by atoms with Crippen LogP contribution in [0.2, 0.25) is 0 Å². The zero-order valence-electron chi connectivity index (χ0n) is 9.79. The normalized spacial score (nSPS) is 27.1. The third kappa shape index (κ3) is 2.16. The van der Waals surface area contributed by atoms with Gasteiger partial charge >= 0.3 is 0 Å². The fourth-order valence-electron chi connectivity index (χ4n) is 2.52. The van der Waals surface area contributed by atoms with Gasteiger partial charge in [0.05, 0.1) is 12.3 Å². The number of nitrogens with zero attached hydrogens (tertiary/aromatic N) is 1. The largest absolute Gasteiger partial charge is 0.381 e. The maximum atomic E-state index is 12.8. The highest BCUT2D eigenvalue weighted by atomic mass is 19.3. The highest BCUT2D eigenvalue weighted by Gasteiger charge is 2.46. The molecule has 4 nitrogen and oxygen atoms in total. The van der Waals surface area contributed by atoms with Crippen LogP contribution in [0.5, 0.6) is 0 Å². The lowest BCUT2D eigenvalue weighted by Crippen LogP contribution is -2.35. The standard InChI is InChI=1S/C12H14F2N2O2/c13-12(14)4-8(5-12)9-3-10(17)16-11(15-9)7-1-2-18-6-7/h3,7-8H,1-2,4-6H2,(H,15,16,17). The number of aromatic amines is 1. The second kappa shape index (κ2) is 4.12. The molecule has 1 N–H and O–H groups in total. The number of alkyl halides is 2. The van der Waals surface area contributed by atoms with Crippen molar-refractivity contribution in [3.8, 4) is 0 Å². The molecule has 3 rings (SSSR count). The van der Waals surface area contributed by atoms with Crippen LogP contribution < -0.4 is 5.56 Å². The number of hydrogen-bond acceptors (Lipinski definition) is 3. The number of H-pyrrole nitrogens is 1. The average Bonchev–Trinajstić information content (AvgIpc) is 2.78. The third-order valence-electron chi connectivity index (χ3n) is 3.60. The topological polar surface area (TPSA) is 55.0 Å². The molecule has 6 heteroatoms. The molecule has 1 aliphatic heterocycles. The minimum absolute atomic E-state index is 0.0817. The van der Waals surface area contributed by atoms with Gasteiger partial charge in [-0.25, -0.2) is 13.8 Å². The van der Waals surface area contributed by atoms with Gasteiger partial charge in [-0.05, 0) is 6.42 Å². The molecule has 1 saturated carbocycles. The molecule has 1 atom stereocenters. The lowest BCUT2D eigenvalue weighted by Gasteiger charge is -2.34. The predicted octanol–water partition coefficient (Wildman–Crippen LogP) is 1.79. The van der Waals surface area contributed by atoms with Crippen LogP contribution in [0.15, 0.2) is 10.9 Å². The first-order chi connectivity index (χ1) is 8.53. The van der Waals surface area contributed by atoms with E-state index in [1.807, 2.05) is 0 Å². The molecule has 2 aliphatic rings. The van der Waals surface area contributed by atoms with Crippen molar-refractivity contribution in [1.29, 1.82) is 0 Å². The molecule has 1 aromatic rings. The Balaban J connectivity index is 1.85. The van der Waals surface area contributed by atoms with Crippen molar-refractivity contribution in [2.24, 2.45) is 0 Å². The predicted molar refractivity (Wildman–Crippen MR) is 60.0 cm³/mol. The summed E-state index contributed by atoms with van der Waals surface area (Å²) in [7, 11) is 0. The summed E-state index contributed by atoms with van der Waals surface area (Å²) in [5.74, 6) is -2.22. The molecule has 0 bridgehead atoms. The van der Waals surface area contributed by atoms with Crippen LogP contribution in [-0.2, 0) is 4.74 Å². The Morgan fingerprint density at radius 2 is 2.17 bits per heavy atom. The Morgan fingerprint density at radius 3 is 2.78 bits per heavy atom. The van der Waals surface area contributed by atoms with E-state index in [1.165, 1.54) is 6.07 Å². The average molecular weight is 256 g/mol. The fraction of sp³-hybridized carbons (Fsp3) is 0.667. The molecule has 1 aromatic heterocycles. The molecule has 2 fully saturated rings. The molecule has 1 unspecified atom stereocenters. The molecule has 18 heavy (non-hydrogen) atoms. The zero-order valence-corrected chi connectivity index (χ0v) is 9.79. The van der Waals surface area contributed by atoms with Gasteiger partial charge in [-0.3, -0.25) is 4.79 Å². The third-order valence-corrected chi connectivity index (χ3v) is 3.60. The second-order valence-corrected chi connectivity index (χ2v) is 5.08. The minimum Gasteiger partial charge on any atom is -0.381 e. The van der Waals surface area contributed by atoms with Crippen molar-refractivity contribution in [2.45, 2.75) is 37.0 Å². The molecule has 0 spiro atoms. The van der Waals surface area contributed by atoms with Gasteiger partial charge in [-0.2, -0.15) is 0 Å². The van der Waals surface area contributed by atoms with Gasteiger partial charge in [-0.1, -0.05) is 0 Å². The smallest absolute Gasteiger partial charge is 0.251 e. The van der Waals surface area contributed by atoms with Crippen molar-refractivity contribution < 1.29 is 13.5 Å². The van der Waals surface area contributed by atoms with E-state index in [2.05, 4.69) is 9.97 Å². The van der Waals surface area contributed by atoms with E-state index in [-0.39, 0.29) is 30.2 Å². The van der Waals surface area contributed by atoms with E-state index in [0.29, 0.717) is 24.7 Å². The van der Waals surface area contributed by atoms with Crippen molar-refractivity contribution >= 4 is 0 Å². The summed E-state index contributed by atoms with van der Waals surface area (Å²) in [5, 5.41) is 0. The summed E-state index contributed by atoms with van der Waals surface area (Å²) >= 11 is 0. The fourth-order valence-corrected chi connectivity index (χ4v) is 2.52. The Hall–Kier alpha value is -1.30. The summed E-state index contributed by atoms with van der Waals surface area (Å²) in [6.07, 6.45) is 0.404. The first-order valence-corrected chi connectivity index (χ1v) is 6.10. The van der Waals surface area contributed by atoms with Gasteiger partial charge in [-0.15, -0.1) is 0 Å². The monoisotopic (exact) mass is 256 g/mol. The van der Waals surface area contributed by atoms with Crippen LogP contribution in [-0.4, -0.2) is 29.1 Å². The summed E-state index contributed by atoms with van der Waals surface area (Å²) in [5.41, 5.74) is 0.226. The first-order valence-electron chi connectivity index (χ1n) is 6.10. The Labute approximate surface area is 102 Å². The Bertz CT molecular complexity index is 501. The number of rotatable bonds is 2. The molecular weight excluding hydrogens is 242 g/mol. The highest BCUT2D eigenvalue weighted by Crippen LogP contribution is 2.47. The Morgan fingerprint density at radius 1 is 1.39 bits per heavy atom. The van der Waals surface area contributed by atoms with Gasteiger partial charge in [0.2, 0.25) is 5.92 Å². The van der Waals surface area contributed by atoms with Crippen LogP contribution in [0, 0.1) is 0 Å². The molecule has 2 heterocycles. The molecule has 98 valence electrons. The second-order valence-electron chi connectivity index (χ2n) is 5.08. The van der Waals surface area contributed by atoms with Gasteiger partial charge < -0.3 is 9.72 Å². The van der Waals surface area contributed by atoms with E-state index in [1.54, 1.807) is 0 Å². The lowest BCUT2D eigenvalue weighted by atomic mass is 9.79. The van der Waals surface area contributed by atoms with E-state index in [4.69, 9.17) is 4.74 Å². The number of halogens is 2. The van der Waals surface area contributed by atoms with E-state index in [0.717, 1.165) is 6.42 Å². The Kier molecular flexibility index (Phi) is 2.69. The SMILES string of the molecule is O=c1cc(C2CC(F)(F)C2)nc(C2CCOC2)[nH]1. The van der Waals surface area contributed by atoms with E-state index < -0.39 is 5.92 Å². The van der Waals surface area contributed by atoms with Gasteiger partial charge in [0.25, 0.3) is 5.56 Å². The number of aromatic nitrogens is 2. The number of hydrogen-bond donors (Lipinski definition) is 1. The van der Waals surface area contributed by atoms with Gasteiger partial charge in [0.15, 0.2) is 0 Å². The van der Waals surface area contributed by atoms with Crippen LogP contribution in [0.3, 0.4) is 0 Å². The molecule has 1 aliphatic carbocycles. The minimum atomic E-state index is -2.59. The van der Waals surface area contributed by atoms with Crippen LogP contribution in [0.25, 0.3) is 0 Å². The quantitative estimate of drug-likeness (QED) is 0.877. The molecule has 0 amide bonds. The van der Waals surface area contributed by atoms with Crippen molar-refractivity contribution in [3.05, 3.63) is 27.9 Å². The number of ether oxygens (including phenoxy) is 1. The molecule has 0 radical (unpaired) electrons. The van der Waals surface area contributed by atoms with Gasteiger partial charge in [0, 0.05) is 37.4 Å². The summed E-state index contributed by atoms with van der Waals surface area (Å²) in [4.78, 5) is 18.6. The van der Waals surface area contributed by atoms with E-state index >= 15 is 0 Å². The van der Waals surface area contributed by atoms with E-state index in [9.17, 15) is 13.6 Å². The highest BCUT2D eigenvalue weighted by molar-refractivity contribution is 5.16. The summed E-state index contributed by atoms with van der Waals surface area (Å²) in [6, 6.07) is 1.33. The van der Waals surface area contributed by atoms with Crippen LogP contribution in [0.1, 0.15) is 42.6 Å². The lowest BCUT2D eigenvalue weighted by molar-refractivity contribution is -0.0877. The zero-order chi connectivity index (χ0) is 12.8.